The summed E-state index contributed by atoms with van der Waals surface area (Å²) >= 11 is 0. The van der Waals surface area contributed by atoms with Gasteiger partial charge in [-0.25, -0.2) is 0 Å². The van der Waals surface area contributed by atoms with Crippen LogP contribution < -0.4 is 10.3 Å². The molecule has 124 valence electrons. The van der Waals surface area contributed by atoms with Gasteiger partial charge in [0.15, 0.2) is 5.52 Å². The molecule has 0 spiro atoms. The fourth-order valence-electron chi connectivity index (χ4n) is 3.99. The van der Waals surface area contributed by atoms with Crippen molar-refractivity contribution in [1.29, 1.82) is 0 Å². The first-order valence-electron chi connectivity index (χ1n) is 8.78. The molecule has 1 fully saturated rings. The van der Waals surface area contributed by atoms with Crippen molar-refractivity contribution in [2.24, 2.45) is 0 Å². The molecule has 2 aromatic carbocycles. The summed E-state index contributed by atoms with van der Waals surface area (Å²) in [7, 11) is 0. The van der Waals surface area contributed by atoms with Gasteiger partial charge < -0.3 is 4.74 Å². The largest absolute Gasteiger partial charge is 0.508 e. The fraction of sp³-hybridized carbons (Fsp3) is 0.238. The van der Waals surface area contributed by atoms with Gasteiger partial charge in [0.1, 0.15) is 17.6 Å². The Morgan fingerprint density at radius 2 is 1.72 bits per heavy atom. The summed E-state index contributed by atoms with van der Waals surface area (Å²) in [6.45, 7) is 1.53. The highest BCUT2D eigenvalue weighted by Gasteiger charge is 2.28. The number of hydrogen-bond acceptors (Lipinski definition) is 2. The van der Waals surface area contributed by atoms with Crippen LogP contribution in [-0.2, 0) is 4.74 Å². The number of rotatable bonds is 2. The minimum Gasteiger partial charge on any atom is -0.381 e. The topological polar surface area (TPSA) is 34.6 Å². The van der Waals surface area contributed by atoms with Gasteiger partial charge in [0.25, 0.3) is 0 Å². The predicted molar refractivity (Wildman–Crippen MR) is 96.7 cm³/mol. The van der Waals surface area contributed by atoms with Crippen LogP contribution in [0.15, 0.2) is 65.6 Å². The zero-order valence-corrected chi connectivity index (χ0v) is 13.9. The Labute approximate surface area is 145 Å². The Balaban J connectivity index is 1.85. The summed E-state index contributed by atoms with van der Waals surface area (Å²) in [5, 5.41) is 2.22. The van der Waals surface area contributed by atoms with Crippen molar-refractivity contribution in [3.8, 4) is 5.69 Å². The standard InChI is InChI=1S/C21H19N2O2/c24-21-22(18-7-2-1-3-8-18)14-17-6-4-5-16-13-19(23(21)20(16)17)15-9-11-25-12-10-15/h1-8,13-15H,9-12H2/q+1. The minimum absolute atomic E-state index is 0.00129. The van der Waals surface area contributed by atoms with Crippen LogP contribution in [0.25, 0.3) is 22.0 Å². The normalized spacial score (nSPS) is 16.0. The molecule has 5 rings (SSSR count). The molecule has 0 amide bonds. The van der Waals surface area contributed by atoms with Crippen molar-refractivity contribution in [1.82, 2.24) is 4.40 Å². The maximum absolute atomic E-state index is 13.4. The summed E-state index contributed by atoms with van der Waals surface area (Å²) in [5.74, 6) is 0.369. The maximum atomic E-state index is 13.4. The SMILES string of the molecule is O=c1n2c(C3CCOCC3)cc3cccc(c[n+]1-c1ccccc1)c32. The first-order chi connectivity index (χ1) is 12.3. The monoisotopic (exact) mass is 331 g/mol. The summed E-state index contributed by atoms with van der Waals surface area (Å²) in [5.41, 5.74) is 3.04. The molecule has 1 aliphatic rings. The van der Waals surface area contributed by atoms with Crippen molar-refractivity contribution in [2.75, 3.05) is 13.2 Å². The second kappa shape index (κ2) is 5.67. The third kappa shape index (κ3) is 2.25. The smallest absolute Gasteiger partial charge is 0.381 e. The Morgan fingerprint density at radius 1 is 0.960 bits per heavy atom. The van der Waals surface area contributed by atoms with Gasteiger partial charge in [-0.15, -0.1) is 0 Å². The van der Waals surface area contributed by atoms with Crippen LogP contribution in [0.5, 0.6) is 0 Å². The molecule has 4 aromatic rings. The number of para-hydroxylation sites is 2. The molecule has 0 saturated carbocycles. The average Bonchev–Trinajstić information content (AvgIpc) is 3.07. The van der Waals surface area contributed by atoms with Gasteiger partial charge in [-0.3, -0.25) is 0 Å². The highest BCUT2D eigenvalue weighted by molar-refractivity contribution is 5.96. The van der Waals surface area contributed by atoms with Crippen LogP contribution >= 0.6 is 0 Å². The number of hydrogen-bond donors (Lipinski definition) is 0. The highest BCUT2D eigenvalue weighted by Crippen LogP contribution is 2.31. The molecule has 1 aliphatic heterocycles. The van der Waals surface area contributed by atoms with Crippen LogP contribution in [0.1, 0.15) is 24.5 Å². The Bertz CT molecular complexity index is 1100. The highest BCUT2D eigenvalue weighted by atomic mass is 16.5. The molecule has 0 N–H and O–H groups in total. The van der Waals surface area contributed by atoms with E-state index in [4.69, 9.17) is 4.74 Å². The summed E-state index contributed by atoms with van der Waals surface area (Å²) in [6.07, 6.45) is 3.88. The summed E-state index contributed by atoms with van der Waals surface area (Å²) in [6, 6.07) is 18.2. The third-order valence-corrected chi connectivity index (χ3v) is 5.22. The number of ether oxygens (including phenoxy) is 1. The molecule has 4 nitrogen and oxygen atoms in total. The third-order valence-electron chi connectivity index (χ3n) is 5.22. The van der Waals surface area contributed by atoms with Crippen molar-refractivity contribution in [3.63, 3.8) is 0 Å². The van der Waals surface area contributed by atoms with Crippen LogP contribution in [0.4, 0.5) is 0 Å². The molecule has 0 unspecified atom stereocenters. The van der Waals surface area contributed by atoms with Gasteiger partial charge >= 0.3 is 5.69 Å². The van der Waals surface area contributed by atoms with Crippen LogP contribution in [0.3, 0.4) is 0 Å². The van der Waals surface area contributed by atoms with Crippen LogP contribution in [-0.4, -0.2) is 17.6 Å². The van der Waals surface area contributed by atoms with Gasteiger partial charge in [-0.05, 0) is 37.1 Å². The molecule has 4 heteroatoms. The molecule has 1 saturated heterocycles. The van der Waals surface area contributed by atoms with Crippen molar-refractivity contribution >= 4 is 16.3 Å². The molecule has 0 atom stereocenters. The lowest BCUT2D eigenvalue weighted by Gasteiger charge is -2.19. The maximum Gasteiger partial charge on any atom is 0.508 e. The first kappa shape index (κ1) is 14.6. The Kier molecular flexibility index (Phi) is 3.31. The number of aromatic nitrogens is 2. The van der Waals surface area contributed by atoms with Gasteiger partial charge in [0.2, 0.25) is 0 Å². The zero-order chi connectivity index (χ0) is 16.8. The molecule has 0 radical (unpaired) electrons. The van der Waals surface area contributed by atoms with E-state index in [1.165, 1.54) is 0 Å². The minimum atomic E-state index is 0.00129. The molecule has 25 heavy (non-hydrogen) atoms. The molecule has 0 aliphatic carbocycles. The van der Waals surface area contributed by atoms with E-state index in [0.717, 1.165) is 53.7 Å². The molecular formula is C21H19N2O2+. The van der Waals surface area contributed by atoms with Gasteiger partial charge in [-0.1, -0.05) is 30.3 Å². The molecular weight excluding hydrogens is 312 g/mol. The molecule has 3 heterocycles. The Morgan fingerprint density at radius 3 is 2.52 bits per heavy atom. The second-order valence-corrected chi connectivity index (χ2v) is 6.69. The number of nitrogens with zero attached hydrogens (tertiary/aromatic N) is 2. The number of benzene rings is 2. The van der Waals surface area contributed by atoms with E-state index in [2.05, 4.69) is 24.3 Å². The van der Waals surface area contributed by atoms with Gasteiger partial charge in [0, 0.05) is 24.5 Å². The Hall–Kier alpha value is -2.72. The lowest BCUT2D eigenvalue weighted by atomic mass is 9.96. The summed E-state index contributed by atoms with van der Waals surface area (Å²) < 4.78 is 9.19. The van der Waals surface area contributed by atoms with E-state index in [0.29, 0.717) is 5.92 Å². The predicted octanol–water partition coefficient (Wildman–Crippen LogP) is 3.06. The molecule has 0 bridgehead atoms. The van der Waals surface area contributed by atoms with Crippen LogP contribution in [0.2, 0.25) is 0 Å². The lowest BCUT2D eigenvalue weighted by Crippen LogP contribution is -2.50. The average molecular weight is 331 g/mol. The van der Waals surface area contributed by atoms with Crippen molar-refractivity contribution in [2.45, 2.75) is 18.8 Å². The summed E-state index contributed by atoms with van der Waals surface area (Å²) in [4.78, 5) is 13.4. The first-order valence-corrected chi connectivity index (χ1v) is 8.78. The van der Waals surface area contributed by atoms with Gasteiger partial charge in [0.05, 0.1) is 5.39 Å². The fourth-order valence-corrected chi connectivity index (χ4v) is 3.99. The van der Waals surface area contributed by atoms with Crippen LogP contribution in [0, 0.1) is 0 Å². The quantitative estimate of drug-likeness (QED) is 0.529. The van der Waals surface area contributed by atoms with E-state index in [1.54, 1.807) is 4.57 Å². The van der Waals surface area contributed by atoms with Gasteiger partial charge in [-0.2, -0.15) is 13.8 Å². The van der Waals surface area contributed by atoms with Crippen molar-refractivity contribution < 1.29 is 9.30 Å². The lowest BCUT2D eigenvalue weighted by molar-refractivity contribution is -0.614. The van der Waals surface area contributed by atoms with E-state index in [-0.39, 0.29) is 5.69 Å². The zero-order valence-electron chi connectivity index (χ0n) is 13.9. The van der Waals surface area contributed by atoms with E-state index in [9.17, 15) is 4.79 Å². The second-order valence-electron chi connectivity index (χ2n) is 6.69. The van der Waals surface area contributed by atoms with Crippen molar-refractivity contribution in [3.05, 3.63) is 77.0 Å². The molecule has 2 aromatic heterocycles. The van der Waals surface area contributed by atoms with E-state index >= 15 is 0 Å². The van der Waals surface area contributed by atoms with E-state index < -0.39 is 0 Å². The van der Waals surface area contributed by atoms with E-state index in [1.807, 2.05) is 40.9 Å².